The molecule has 2 aromatic heterocycles. The van der Waals surface area contributed by atoms with E-state index in [1.54, 1.807) is 18.3 Å². The summed E-state index contributed by atoms with van der Waals surface area (Å²) in [6, 6.07) is 1.59. The second-order valence-electron chi connectivity index (χ2n) is 6.03. The lowest BCUT2D eigenvalue weighted by molar-refractivity contribution is -0.119. The second-order valence-corrected chi connectivity index (χ2v) is 7.11. The van der Waals surface area contributed by atoms with Gasteiger partial charge in [-0.25, -0.2) is 4.79 Å². The van der Waals surface area contributed by atoms with Crippen LogP contribution in [0.15, 0.2) is 17.1 Å². The Kier molecular flexibility index (Phi) is 4.70. The molecule has 0 bridgehead atoms. The van der Waals surface area contributed by atoms with Crippen LogP contribution in [0.4, 0.5) is 0 Å². The molecule has 0 aliphatic carbocycles. The van der Waals surface area contributed by atoms with Gasteiger partial charge in [0, 0.05) is 17.7 Å². The van der Waals surface area contributed by atoms with E-state index in [0.717, 1.165) is 0 Å². The molecule has 6 nitrogen and oxygen atoms in total. The van der Waals surface area contributed by atoms with Gasteiger partial charge in [-0.15, -0.1) is 11.3 Å². The zero-order valence-corrected chi connectivity index (χ0v) is 14.2. The molecular weight excluding hydrogens is 316 g/mol. The number of carbonyl (C=O) groups excluding carboxylic acids is 2. The summed E-state index contributed by atoms with van der Waals surface area (Å²) in [5, 5.41) is 0. The Hall–Kier alpha value is -2.41. The Morgan fingerprint density at radius 1 is 1.30 bits per heavy atom. The monoisotopic (exact) mass is 334 g/mol. The molecule has 2 heterocycles. The quantitative estimate of drug-likeness (QED) is 0.811. The summed E-state index contributed by atoms with van der Waals surface area (Å²) >= 11 is 1.19. The molecule has 2 rings (SSSR count). The molecule has 0 aliphatic rings. The topological polar surface area (TPSA) is 92.0 Å². The van der Waals surface area contributed by atoms with E-state index >= 15 is 0 Å². The highest BCUT2D eigenvalue weighted by Crippen LogP contribution is 2.14. The van der Waals surface area contributed by atoms with Crippen LogP contribution in [0.5, 0.6) is 0 Å². The number of hydrogen-bond acceptors (Lipinski definition) is 5. The number of aromatic amines is 2. The van der Waals surface area contributed by atoms with E-state index in [1.807, 2.05) is 20.8 Å². The number of methoxy groups -OCH3 is 1. The van der Waals surface area contributed by atoms with Crippen LogP contribution < -0.4 is 14.8 Å². The summed E-state index contributed by atoms with van der Waals surface area (Å²) < 4.78 is 5.57. The molecule has 23 heavy (non-hydrogen) atoms. The van der Waals surface area contributed by atoms with Crippen LogP contribution in [0.25, 0.3) is 12.2 Å². The van der Waals surface area contributed by atoms with Gasteiger partial charge in [-0.1, -0.05) is 20.8 Å². The average molecular weight is 334 g/mol. The van der Waals surface area contributed by atoms with E-state index in [2.05, 4.69) is 14.7 Å². The van der Waals surface area contributed by atoms with Crippen molar-refractivity contribution in [3.63, 3.8) is 0 Å². The number of ketones is 1. The molecule has 122 valence electrons. The number of H-pyrrole nitrogens is 2. The van der Waals surface area contributed by atoms with Gasteiger partial charge in [-0.05, 0) is 17.7 Å². The number of rotatable bonds is 3. The minimum absolute atomic E-state index is 0.0591. The van der Waals surface area contributed by atoms with Gasteiger partial charge in [0.2, 0.25) is 0 Å². The summed E-state index contributed by atoms with van der Waals surface area (Å²) in [4.78, 5) is 40.8. The SMILES string of the molecule is COC(=O)c1cc(C=c2sc(=CC(=O)C(C)(C)C)[nH]c2=O)c[nH]1. The van der Waals surface area contributed by atoms with Crippen LogP contribution in [-0.4, -0.2) is 28.8 Å². The fourth-order valence-corrected chi connectivity index (χ4v) is 2.62. The van der Waals surface area contributed by atoms with Crippen LogP contribution in [0, 0.1) is 5.41 Å². The van der Waals surface area contributed by atoms with Crippen molar-refractivity contribution in [1.82, 2.24) is 9.97 Å². The number of esters is 1. The number of hydrogen-bond donors (Lipinski definition) is 2. The van der Waals surface area contributed by atoms with Gasteiger partial charge >= 0.3 is 5.97 Å². The van der Waals surface area contributed by atoms with E-state index in [0.29, 0.717) is 20.5 Å². The summed E-state index contributed by atoms with van der Waals surface area (Å²) in [6.07, 6.45) is 4.70. The lowest BCUT2D eigenvalue weighted by Gasteiger charge is -2.12. The first-order valence-corrected chi connectivity index (χ1v) is 7.76. The van der Waals surface area contributed by atoms with E-state index in [9.17, 15) is 14.4 Å². The van der Waals surface area contributed by atoms with Crippen LogP contribution >= 0.6 is 11.3 Å². The van der Waals surface area contributed by atoms with E-state index in [4.69, 9.17) is 0 Å². The Labute approximate surface area is 136 Å². The lowest BCUT2D eigenvalue weighted by Crippen LogP contribution is -2.22. The number of carbonyl (C=O) groups is 2. The van der Waals surface area contributed by atoms with Crippen LogP contribution in [-0.2, 0) is 9.53 Å². The third-order valence-electron chi connectivity index (χ3n) is 3.09. The number of ether oxygens (including phenoxy) is 1. The maximum absolute atomic E-state index is 12.0. The summed E-state index contributed by atoms with van der Waals surface area (Å²) in [5.41, 5.74) is 0.206. The number of aromatic nitrogens is 2. The summed E-state index contributed by atoms with van der Waals surface area (Å²) in [6.45, 7) is 5.45. The Morgan fingerprint density at radius 2 is 2.00 bits per heavy atom. The van der Waals surface area contributed by atoms with Gasteiger partial charge in [0.05, 0.1) is 16.3 Å². The predicted octanol–water partition coefficient (Wildman–Crippen LogP) is 0.776. The Morgan fingerprint density at radius 3 is 2.61 bits per heavy atom. The Bertz CT molecular complexity index is 909. The van der Waals surface area contributed by atoms with E-state index < -0.39 is 11.4 Å². The fourth-order valence-electron chi connectivity index (χ4n) is 1.73. The molecule has 0 fully saturated rings. The first kappa shape index (κ1) is 17.0. The molecule has 0 atom stereocenters. The molecule has 7 heteroatoms. The van der Waals surface area contributed by atoms with Crippen LogP contribution in [0.2, 0.25) is 0 Å². The molecule has 0 saturated carbocycles. The largest absolute Gasteiger partial charge is 0.464 e. The lowest BCUT2D eigenvalue weighted by atomic mass is 9.91. The molecule has 0 saturated heterocycles. The first-order chi connectivity index (χ1) is 10.7. The molecule has 0 aliphatic heterocycles. The highest BCUT2D eigenvalue weighted by atomic mass is 32.1. The highest BCUT2D eigenvalue weighted by Gasteiger charge is 2.18. The number of Topliss-reactive ketones (excluding diaryl/α,β-unsaturated/α-hetero) is 1. The van der Waals surface area contributed by atoms with Crippen LogP contribution in [0.3, 0.4) is 0 Å². The zero-order chi connectivity index (χ0) is 17.2. The van der Waals surface area contributed by atoms with Gasteiger partial charge in [0.15, 0.2) is 5.78 Å². The molecular formula is C16H18N2O4S. The fraction of sp³-hybridized carbons (Fsp3) is 0.312. The normalized spacial score (nSPS) is 13.4. The standard InChI is InChI=1S/C16H18N2O4S/c1-16(2,3)12(19)7-13-18-14(20)11(23-13)6-9-5-10(17-8-9)15(21)22-4/h5-8,17H,1-4H3,(H,18,20). The van der Waals surface area contributed by atoms with E-state index in [-0.39, 0.29) is 11.3 Å². The van der Waals surface area contributed by atoms with Crippen molar-refractivity contribution in [3.8, 4) is 0 Å². The second kappa shape index (κ2) is 6.37. The van der Waals surface area contributed by atoms with Crippen molar-refractivity contribution in [1.29, 1.82) is 0 Å². The van der Waals surface area contributed by atoms with E-state index in [1.165, 1.54) is 24.5 Å². The maximum Gasteiger partial charge on any atom is 0.354 e. The smallest absolute Gasteiger partial charge is 0.354 e. The molecule has 0 radical (unpaired) electrons. The van der Waals surface area contributed by atoms with Crippen molar-refractivity contribution >= 4 is 35.2 Å². The molecule has 0 aromatic carbocycles. The van der Waals surface area contributed by atoms with Gasteiger partial charge in [0.25, 0.3) is 5.56 Å². The van der Waals surface area contributed by atoms with Crippen LogP contribution in [0.1, 0.15) is 36.8 Å². The molecule has 0 unspecified atom stereocenters. The first-order valence-electron chi connectivity index (χ1n) is 6.94. The van der Waals surface area contributed by atoms with Crippen molar-refractivity contribution in [3.05, 3.63) is 43.1 Å². The minimum Gasteiger partial charge on any atom is -0.464 e. The summed E-state index contributed by atoms with van der Waals surface area (Å²) in [5.74, 6) is -0.536. The van der Waals surface area contributed by atoms with Gasteiger partial charge in [-0.3, -0.25) is 9.59 Å². The molecule has 2 N–H and O–H groups in total. The minimum atomic E-state index is -0.499. The highest BCUT2D eigenvalue weighted by molar-refractivity contribution is 7.07. The maximum atomic E-state index is 12.0. The predicted molar refractivity (Wildman–Crippen MR) is 88.8 cm³/mol. The van der Waals surface area contributed by atoms with Crippen molar-refractivity contribution in [2.75, 3.05) is 7.11 Å². The van der Waals surface area contributed by atoms with Crippen molar-refractivity contribution in [2.45, 2.75) is 20.8 Å². The number of thiazole rings is 1. The third-order valence-corrected chi connectivity index (χ3v) is 4.05. The van der Waals surface area contributed by atoms with Gasteiger partial charge in [-0.2, -0.15) is 0 Å². The Balaban J connectivity index is 2.40. The van der Waals surface area contributed by atoms with Gasteiger partial charge in [0.1, 0.15) is 5.69 Å². The molecule has 0 amide bonds. The zero-order valence-electron chi connectivity index (χ0n) is 13.4. The third kappa shape index (κ3) is 4.07. The molecule has 2 aromatic rings. The van der Waals surface area contributed by atoms with Gasteiger partial charge < -0.3 is 14.7 Å². The average Bonchev–Trinajstić information content (AvgIpc) is 3.05. The van der Waals surface area contributed by atoms with Crippen molar-refractivity contribution < 1.29 is 14.3 Å². The summed E-state index contributed by atoms with van der Waals surface area (Å²) in [7, 11) is 1.30. The molecule has 0 spiro atoms. The van der Waals surface area contributed by atoms with Crippen molar-refractivity contribution in [2.24, 2.45) is 5.41 Å². The number of nitrogens with one attached hydrogen (secondary N) is 2.